The number of nitrogens with one attached hydrogen (secondary N) is 1. The van der Waals surface area contributed by atoms with Crippen molar-refractivity contribution >= 4 is 11.7 Å². The first kappa shape index (κ1) is 18.3. The van der Waals surface area contributed by atoms with Crippen LogP contribution in [0, 0.1) is 0 Å². The topological polar surface area (TPSA) is 67.4 Å². The number of amides is 1. The van der Waals surface area contributed by atoms with E-state index in [0.29, 0.717) is 23.8 Å². The van der Waals surface area contributed by atoms with Crippen LogP contribution in [-0.4, -0.2) is 48.2 Å². The van der Waals surface area contributed by atoms with Crippen molar-refractivity contribution in [2.75, 3.05) is 31.1 Å². The van der Waals surface area contributed by atoms with Gasteiger partial charge in [0.05, 0.1) is 6.10 Å². The second kappa shape index (κ2) is 8.76. The highest BCUT2D eigenvalue weighted by molar-refractivity contribution is 5.98. The molecule has 1 aliphatic heterocycles. The van der Waals surface area contributed by atoms with Crippen LogP contribution in [0.4, 0.5) is 5.82 Å². The first-order chi connectivity index (χ1) is 12.7. The maximum atomic E-state index is 12.7. The zero-order chi connectivity index (χ0) is 18.4. The van der Waals surface area contributed by atoms with Gasteiger partial charge in [-0.05, 0) is 26.7 Å². The Kier molecular flexibility index (Phi) is 6.17. The maximum Gasteiger partial charge on any atom is 0.256 e. The molecule has 1 atom stereocenters. The van der Waals surface area contributed by atoms with E-state index in [0.717, 1.165) is 38.1 Å². The minimum absolute atomic E-state index is 0.111. The molecule has 0 spiro atoms. The molecule has 3 rings (SSSR count). The van der Waals surface area contributed by atoms with Gasteiger partial charge in [0.2, 0.25) is 0 Å². The fourth-order valence-electron chi connectivity index (χ4n) is 3.13. The van der Waals surface area contributed by atoms with Gasteiger partial charge in [0.1, 0.15) is 11.4 Å². The molecule has 1 aliphatic rings. The van der Waals surface area contributed by atoms with E-state index in [1.54, 1.807) is 6.20 Å². The predicted octanol–water partition coefficient (Wildman–Crippen LogP) is 2.90. The molecule has 138 valence electrons. The highest BCUT2D eigenvalue weighted by Gasteiger charge is 2.21. The van der Waals surface area contributed by atoms with Crippen LogP contribution in [0.2, 0.25) is 0 Å². The van der Waals surface area contributed by atoms with E-state index in [4.69, 9.17) is 9.72 Å². The maximum absolute atomic E-state index is 12.7. The summed E-state index contributed by atoms with van der Waals surface area (Å²) in [7, 11) is 0. The van der Waals surface area contributed by atoms with Crippen LogP contribution in [0.25, 0.3) is 11.4 Å². The lowest BCUT2D eigenvalue weighted by atomic mass is 10.2. The second-order valence-electron chi connectivity index (χ2n) is 6.31. The molecule has 1 fully saturated rings. The fourth-order valence-corrected chi connectivity index (χ4v) is 3.13. The molecule has 1 saturated heterocycles. The fraction of sp³-hybridized carbons (Fsp3) is 0.450. The van der Waals surface area contributed by atoms with Gasteiger partial charge in [-0.15, -0.1) is 0 Å². The number of hydrogen-bond acceptors (Lipinski definition) is 5. The molecule has 6 heteroatoms. The number of ether oxygens (including phenoxy) is 1. The van der Waals surface area contributed by atoms with Gasteiger partial charge in [-0.2, -0.15) is 0 Å². The molecular weight excluding hydrogens is 328 g/mol. The average molecular weight is 354 g/mol. The van der Waals surface area contributed by atoms with Gasteiger partial charge in [-0.25, -0.2) is 9.97 Å². The number of benzene rings is 1. The predicted molar refractivity (Wildman–Crippen MR) is 102 cm³/mol. The number of carbonyl (C=O) groups is 1. The van der Waals surface area contributed by atoms with Crippen molar-refractivity contribution in [2.45, 2.75) is 32.8 Å². The van der Waals surface area contributed by atoms with Gasteiger partial charge in [-0.3, -0.25) is 4.79 Å². The average Bonchev–Trinajstić information content (AvgIpc) is 3.21. The van der Waals surface area contributed by atoms with Crippen LogP contribution in [0.1, 0.15) is 37.0 Å². The summed E-state index contributed by atoms with van der Waals surface area (Å²) in [5.74, 6) is 1.15. The van der Waals surface area contributed by atoms with E-state index in [9.17, 15) is 4.79 Å². The molecule has 1 amide bonds. The van der Waals surface area contributed by atoms with Crippen molar-refractivity contribution in [3.63, 3.8) is 0 Å². The van der Waals surface area contributed by atoms with Gasteiger partial charge in [-0.1, -0.05) is 30.3 Å². The van der Waals surface area contributed by atoms with Gasteiger partial charge < -0.3 is 15.0 Å². The summed E-state index contributed by atoms with van der Waals surface area (Å²) in [6.07, 6.45) is 3.79. The zero-order valence-electron chi connectivity index (χ0n) is 15.4. The number of hydrogen-bond donors (Lipinski definition) is 1. The molecule has 1 unspecified atom stereocenters. The minimum Gasteiger partial charge on any atom is -0.376 e. The Morgan fingerprint density at radius 1 is 1.27 bits per heavy atom. The summed E-state index contributed by atoms with van der Waals surface area (Å²) < 4.78 is 5.58. The molecule has 1 aromatic carbocycles. The summed E-state index contributed by atoms with van der Waals surface area (Å²) in [5, 5.41) is 2.97. The third-order valence-corrected chi connectivity index (χ3v) is 4.62. The van der Waals surface area contributed by atoms with Gasteiger partial charge >= 0.3 is 0 Å². The second-order valence-corrected chi connectivity index (χ2v) is 6.31. The van der Waals surface area contributed by atoms with E-state index in [-0.39, 0.29) is 12.0 Å². The standard InChI is InChI=1S/C20H26N4O2/c1-3-24(4-2)19-17(20(25)22-13-16-11-8-12-26-16)14-21-18(23-19)15-9-6-5-7-10-15/h5-7,9-10,14,16H,3-4,8,11-13H2,1-2H3,(H,22,25). The molecule has 2 heterocycles. The third-order valence-electron chi connectivity index (χ3n) is 4.62. The van der Waals surface area contributed by atoms with Crippen molar-refractivity contribution < 1.29 is 9.53 Å². The Hall–Kier alpha value is -2.47. The number of nitrogens with zero attached hydrogens (tertiary/aromatic N) is 3. The van der Waals surface area contributed by atoms with E-state index >= 15 is 0 Å². The SMILES string of the molecule is CCN(CC)c1nc(-c2ccccc2)ncc1C(=O)NCC1CCCO1. The normalized spacial score (nSPS) is 16.5. The highest BCUT2D eigenvalue weighted by Crippen LogP contribution is 2.22. The van der Waals surface area contributed by atoms with Crippen LogP contribution in [0.5, 0.6) is 0 Å². The van der Waals surface area contributed by atoms with Crippen molar-refractivity contribution in [1.82, 2.24) is 15.3 Å². The number of carbonyl (C=O) groups excluding carboxylic acids is 1. The molecule has 1 N–H and O–H groups in total. The van der Waals surface area contributed by atoms with E-state index in [2.05, 4.69) is 29.0 Å². The van der Waals surface area contributed by atoms with E-state index < -0.39 is 0 Å². The van der Waals surface area contributed by atoms with Crippen molar-refractivity contribution in [1.29, 1.82) is 0 Å². The lowest BCUT2D eigenvalue weighted by molar-refractivity contribution is 0.0857. The van der Waals surface area contributed by atoms with E-state index in [1.165, 1.54) is 0 Å². The van der Waals surface area contributed by atoms with Crippen LogP contribution < -0.4 is 10.2 Å². The largest absolute Gasteiger partial charge is 0.376 e. The Morgan fingerprint density at radius 3 is 2.69 bits per heavy atom. The molecule has 0 saturated carbocycles. The molecule has 6 nitrogen and oxygen atoms in total. The smallest absolute Gasteiger partial charge is 0.256 e. The molecular formula is C20H26N4O2. The first-order valence-electron chi connectivity index (χ1n) is 9.30. The van der Waals surface area contributed by atoms with E-state index in [1.807, 2.05) is 30.3 Å². The van der Waals surface area contributed by atoms with Crippen LogP contribution in [0.15, 0.2) is 36.5 Å². The summed E-state index contributed by atoms with van der Waals surface area (Å²) in [6.45, 7) is 6.96. The summed E-state index contributed by atoms with van der Waals surface area (Å²) >= 11 is 0. The first-order valence-corrected chi connectivity index (χ1v) is 9.30. The molecule has 0 radical (unpaired) electrons. The van der Waals surface area contributed by atoms with Crippen LogP contribution in [-0.2, 0) is 4.74 Å². The summed E-state index contributed by atoms with van der Waals surface area (Å²) in [5.41, 5.74) is 1.44. The van der Waals surface area contributed by atoms with Crippen LogP contribution >= 0.6 is 0 Å². The molecule has 1 aromatic heterocycles. The molecule has 0 bridgehead atoms. The number of anilines is 1. The lowest BCUT2D eigenvalue weighted by Crippen LogP contribution is -2.34. The Labute approximate surface area is 154 Å². The van der Waals surface area contributed by atoms with Crippen molar-refractivity contribution in [3.8, 4) is 11.4 Å². The van der Waals surface area contributed by atoms with Gasteiger partial charge in [0, 0.05) is 38.0 Å². The van der Waals surface area contributed by atoms with Crippen molar-refractivity contribution in [2.24, 2.45) is 0 Å². The zero-order valence-corrected chi connectivity index (χ0v) is 15.4. The molecule has 26 heavy (non-hydrogen) atoms. The highest BCUT2D eigenvalue weighted by atomic mass is 16.5. The number of rotatable bonds is 7. The summed E-state index contributed by atoms with van der Waals surface area (Å²) in [4.78, 5) is 24.0. The Bertz CT molecular complexity index is 726. The summed E-state index contributed by atoms with van der Waals surface area (Å²) in [6, 6.07) is 9.81. The van der Waals surface area contributed by atoms with Gasteiger partial charge in [0.15, 0.2) is 5.82 Å². The van der Waals surface area contributed by atoms with Crippen LogP contribution in [0.3, 0.4) is 0 Å². The molecule has 0 aliphatic carbocycles. The third kappa shape index (κ3) is 4.19. The van der Waals surface area contributed by atoms with Crippen molar-refractivity contribution in [3.05, 3.63) is 42.1 Å². The lowest BCUT2D eigenvalue weighted by Gasteiger charge is -2.23. The Balaban J connectivity index is 1.86. The molecule has 2 aromatic rings. The monoisotopic (exact) mass is 354 g/mol. The van der Waals surface area contributed by atoms with Gasteiger partial charge in [0.25, 0.3) is 5.91 Å². The Morgan fingerprint density at radius 2 is 2.04 bits per heavy atom. The quantitative estimate of drug-likeness (QED) is 0.828. The number of aromatic nitrogens is 2. The minimum atomic E-state index is -0.151.